The number of methoxy groups -OCH3 is 2. The molecule has 21 heavy (non-hydrogen) atoms. The molecule has 1 heterocycles. The van der Waals surface area contributed by atoms with Crippen molar-refractivity contribution in [3.05, 3.63) is 29.3 Å². The zero-order valence-electron chi connectivity index (χ0n) is 12.6. The van der Waals surface area contributed by atoms with E-state index in [0.29, 0.717) is 0 Å². The van der Waals surface area contributed by atoms with Crippen LogP contribution in [0.2, 0.25) is 0 Å². The highest BCUT2D eigenvalue weighted by molar-refractivity contribution is 7.13. The molecule has 0 aliphatic rings. The highest BCUT2D eigenvalue weighted by atomic mass is 32.1. The van der Waals surface area contributed by atoms with Gasteiger partial charge in [0, 0.05) is 18.0 Å². The van der Waals surface area contributed by atoms with Crippen LogP contribution in [0, 0.1) is 0 Å². The summed E-state index contributed by atoms with van der Waals surface area (Å²) in [5.41, 5.74) is 1.92. The van der Waals surface area contributed by atoms with Crippen molar-refractivity contribution in [3.8, 4) is 11.5 Å². The minimum Gasteiger partial charge on any atom is -0.497 e. The summed E-state index contributed by atoms with van der Waals surface area (Å²) in [5.74, 6) is 1.50. The first kappa shape index (κ1) is 15.6. The lowest BCUT2D eigenvalue weighted by molar-refractivity contribution is 0.395. The Balaban J connectivity index is 2.04. The number of nitrogens with zero attached hydrogens (tertiary/aromatic N) is 1. The van der Waals surface area contributed by atoms with E-state index in [-0.39, 0.29) is 0 Å². The summed E-state index contributed by atoms with van der Waals surface area (Å²) in [6.07, 6.45) is 1.12. The highest BCUT2D eigenvalue weighted by Crippen LogP contribution is 2.32. The number of benzene rings is 1. The lowest BCUT2D eigenvalue weighted by Gasteiger charge is -2.10. The summed E-state index contributed by atoms with van der Waals surface area (Å²) in [5, 5.41) is 9.54. The third kappa shape index (κ3) is 4.34. The molecule has 0 saturated carbocycles. The number of hydrogen-bond acceptors (Lipinski definition) is 6. The van der Waals surface area contributed by atoms with E-state index in [1.54, 1.807) is 25.6 Å². The van der Waals surface area contributed by atoms with Crippen molar-refractivity contribution in [1.29, 1.82) is 0 Å². The van der Waals surface area contributed by atoms with E-state index in [4.69, 9.17) is 9.47 Å². The fourth-order valence-corrected chi connectivity index (χ4v) is 2.58. The predicted molar refractivity (Wildman–Crippen MR) is 86.9 cm³/mol. The zero-order chi connectivity index (χ0) is 15.1. The van der Waals surface area contributed by atoms with Crippen molar-refractivity contribution in [1.82, 2.24) is 10.3 Å². The molecule has 0 amide bonds. The van der Waals surface area contributed by atoms with Crippen LogP contribution in [0.15, 0.2) is 23.6 Å². The first-order valence-electron chi connectivity index (χ1n) is 6.91. The Morgan fingerprint density at radius 3 is 2.81 bits per heavy atom. The Bertz CT molecular complexity index is 572. The second kappa shape index (κ2) is 7.85. The average molecular weight is 307 g/mol. The predicted octanol–water partition coefficient (Wildman–Crippen LogP) is 3.40. The average Bonchev–Trinajstić information content (AvgIpc) is 2.95. The van der Waals surface area contributed by atoms with Gasteiger partial charge in [0.2, 0.25) is 0 Å². The Kier molecular flexibility index (Phi) is 5.83. The Morgan fingerprint density at radius 1 is 1.24 bits per heavy atom. The molecule has 0 bridgehead atoms. The topological polar surface area (TPSA) is 55.4 Å². The first-order chi connectivity index (χ1) is 10.3. The third-order valence-corrected chi connectivity index (χ3v) is 3.74. The molecule has 0 fully saturated rings. The number of nitrogens with one attached hydrogen (secondary N) is 2. The fourth-order valence-electron chi connectivity index (χ4n) is 1.86. The summed E-state index contributed by atoms with van der Waals surface area (Å²) in [7, 11) is 3.28. The number of aromatic nitrogens is 1. The molecule has 0 aliphatic heterocycles. The second-order valence-electron chi connectivity index (χ2n) is 4.51. The van der Waals surface area contributed by atoms with E-state index in [0.717, 1.165) is 47.5 Å². The van der Waals surface area contributed by atoms with Crippen LogP contribution >= 0.6 is 11.3 Å². The van der Waals surface area contributed by atoms with Gasteiger partial charge in [0.25, 0.3) is 0 Å². The van der Waals surface area contributed by atoms with E-state index in [1.165, 1.54) is 0 Å². The molecule has 6 heteroatoms. The molecule has 114 valence electrons. The molecule has 0 unspecified atom stereocenters. The summed E-state index contributed by atoms with van der Waals surface area (Å²) in [4.78, 5) is 4.55. The second-order valence-corrected chi connectivity index (χ2v) is 5.37. The van der Waals surface area contributed by atoms with Gasteiger partial charge >= 0.3 is 0 Å². The molecule has 0 radical (unpaired) electrons. The van der Waals surface area contributed by atoms with Gasteiger partial charge in [0.05, 0.1) is 25.6 Å². The maximum Gasteiger partial charge on any atom is 0.187 e. The normalized spacial score (nSPS) is 10.4. The van der Waals surface area contributed by atoms with Crippen LogP contribution in [0.25, 0.3) is 0 Å². The summed E-state index contributed by atoms with van der Waals surface area (Å²) in [6.45, 7) is 3.95. The van der Waals surface area contributed by atoms with Gasteiger partial charge in [-0.1, -0.05) is 6.92 Å². The molecule has 1 aromatic carbocycles. The van der Waals surface area contributed by atoms with Crippen molar-refractivity contribution in [2.45, 2.75) is 19.9 Å². The number of ether oxygens (including phenoxy) is 2. The summed E-state index contributed by atoms with van der Waals surface area (Å²) < 4.78 is 10.6. The van der Waals surface area contributed by atoms with Crippen LogP contribution < -0.4 is 20.1 Å². The lowest BCUT2D eigenvalue weighted by Crippen LogP contribution is -2.13. The fraction of sp³-hybridized carbons (Fsp3) is 0.400. The quantitative estimate of drug-likeness (QED) is 0.732. The van der Waals surface area contributed by atoms with Gasteiger partial charge in [-0.3, -0.25) is 0 Å². The van der Waals surface area contributed by atoms with Crippen LogP contribution in [0.5, 0.6) is 11.5 Å². The van der Waals surface area contributed by atoms with Crippen LogP contribution in [-0.2, 0) is 6.54 Å². The minimum absolute atomic E-state index is 0.732. The van der Waals surface area contributed by atoms with Gasteiger partial charge in [0.1, 0.15) is 11.5 Å². The Labute approximate surface area is 129 Å². The minimum atomic E-state index is 0.732. The van der Waals surface area contributed by atoms with Crippen LogP contribution in [0.4, 0.5) is 10.8 Å². The van der Waals surface area contributed by atoms with Gasteiger partial charge in [0.15, 0.2) is 5.13 Å². The number of thiazole rings is 1. The van der Waals surface area contributed by atoms with Gasteiger partial charge in [-0.25, -0.2) is 4.98 Å². The first-order valence-corrected chi connectivity index (χ1v) is 7.79. The van der Waals surface area contributed by atoms with Crippen molar-refractivity contribution in [3.63, 3.8) is 0 Å². The number of anilines is 2. The molecule has 0 spiro atoms. The Morgan fingerprint density at radius 2 is 2.10 bits per heavy atom. The van der Waals surface area contributed by atoms with Crippen molar-refractivity contribution < 1.29 is 9.47 Å². The molecule has 0 atom stereocenters. The van der Waals surface area contributed by atoms with E-state index in [9.17, 15) is 0 Å². The molecule has 0 saturated heterocycles. The molecule has 1 aromatic heterocycles. The van der Waals surface area contributed by atoms with E-state index in [2.05, 4.69) is 27.9 Å². The molecule has 2 rings (SSSR count). The number of hydrogen-bond donors (Lipinski definition) is 2. The molecule has 2 aromatic rings. The molecule has 5 nitrogen and oxygen atoms in total. The largest absolute Gasteiger partial charge is 0.497 e. The molecular formula is C15H21N3O2S. The van der Waals surface area contributed by atoms with Crippen molar-refractivity contribution >= 4 is 22.2 Å². The lowest BCUT2D eigenvalue weighted by atomic mass is 10.3. The molecule has 2 N–H and O–H groups in total. The monoisotopic (exact) mass is 307 g/mol. The maximum absolute atomic E-state index is 5.37. The van der Waals surface area contributed by atoms with E-state index in [1.807, 2.05) is 18.2 Å². The molecule has 0 aliphatic carbocycles. The third-order valence-electron chi connectivity index (χ3n) is 2.93. The number of rotatable bonds is 8. The highest BCUT2D eigenvalue weighted by Gasteiger charge is 2.08. The summed E-state index contributed by atoms with van der Waals surface area (Å²) >= 11 is 1.58. The van der Waals surface area contributed by atoms with Crippen molar-refractivity contribution in [2.75, 3.05) is 26.1 Å². The zero-order valence-corrected chi connectivity index (χ0v) is 13.4. The molecular weight excluding hydrogens is 286 g/mol. The van der Waals surface area contributed by atoms with Gasteiger partial charge < -0.3 is 20.1 Å². The van der Waals surface area contributed by atoms with Gasteiger partial charge in [-0.15, -0.1) is 11.3 Å². The van der Waals surface area contributed by atoms with E-state index >= 15 is 0 Å². The van der Waals surface area contributed by atoms with E-state index < -0.39 is 0 Å². The van der Waals surface area contributed by atoms with Crippen LogP contribution in [0.3, 0.4) is 0 Å². The van der Waals surface area contributed by atoms with Gasteiger partial charge in [-0.05, 0) is 25.1 Å². The van der Waals surface area contributed by atoms with Crippen molar-refractivity contribution in [2.24, 2.45) is 0 Å². The van der Waals surface area contributed by atoms with Gasteiger partial charge in [-0.2, -0.15) is 0 Å². The standard InChI is InChI=1S/C15H21N3O2S/c1-4-7-16-9-11-10-21-15(17-11)18-13-6-5-12(19-2)8-14(13)20-3/h5-6,8,10,16H,4,7,9H2,1-3H3,(H,17,18). The Hall–Kier alpha value is -1.79. The van der Waals surface area contributed by atoms with Crippen LogP contribution in [-0.4, -0.2) is 25.7 Å². The SMILES string of the molecule is CCCNCc1csc(Nc2ccc(OC)cc2OC)n1. The smallest absolute Gasteiger partial charge is 0.187 e. The van der Waals surface area contributed by atoms with Crippen LogP contribution in [0.1, 0.15) is 19.0 Å². The maximum atomic E-state index is 5.37. The summed E-state index contributed by atoms with van der Waals surface area (Å²) in [6, 6.07) is 5.66.